The molecule has 0 saturated heterocycles. The van der Waals surface area contributed by atoms with Crippen LogP contribution in [0.4, 0.5) is 5.82 Å². The largest absolute Gasteiger partial charge is 0.370 e. The van der Waals surface area contributed by atoms with Crippen LogP contribution in [0.5, 0.6) is 0 Å². The first-order valence-electron chi connectivity index (χ1n) is 6.03. The summed E-state index contributed by atoms with van der Waals surface area (Å²) in [5.41, 5.74) is 0. The standard InChI is InChI=1S/C12H18ClN3S/c1-17-12-6-11(15-8-16-12)14-7-9-4-2-3-5-10(9)13/h6,8-10H,2-5,7H2,1H3,(H,14,15,16). The Morgan fingerprint density at radius 1 is 1.41 bits per heavy atom. The van der Waals surface area contributed by atoms with E-state index in [0.29, 0.717) is 11.3 Å². The Balaban J connectivity index is 1.88. The molecule has 1 N–H and O–H groups in total. The van der Waals surface area contributed by atoms with Gasteiger partial charge in [0, 0.05) is 18.0 Å². The molecule has 0 bridgehead atoms. The molecule has 1 fully saturated rings. The summed E-state index contributed by atoms with van der Waals surface area (Å²) in [4.78, 5) is 8.37. The Morgan fingerprint density at radius 2 is 2.24 bits per heavy atom. The minimum absolute atomic E-state index is 0.318. The van der Waals surface area contributed by atoms with Crippen LogP contribution >= 0.6 is 23.4 Å². The highest BCUT2D eigenvalue weighted by molar-refractivity contribution is 7.98. The molecule has 1 aromatic heterocycles. The third kappa shape index (κ3) is 3.75. The average molecular weight is 272 g/mol. The van der Waals surface area contributed by atoms with Gasteiger partial charge < -0.3 is 5.32 Å². The minimum Gasteiger partial charge on any atom is -0.370 e. The van der Waals surface area contributed by atoms with Crippen LogP contribution in [-0.4, -0.2) is 28.1 Å². The summed E-state index contributed by atoms with van der Waals surface area (Å²) < 4.78 is 0. The number of rotatable bonds is 4. The fraction of sp³-hybridized carbons (Fsp3) is 0.667. The Labute approximate surface area is 112 Å². The van der Waals surface area contributed by atoms with Gasteiger partial charge in [-0.05, 0) is 25.0 Å². The molecule has 0 spiro atoms. The maximum atomic E-state index is 6.33. The highest BCUT2D eigenvalue weighted by atomic mass is 35.5. The summed E-state index contributed by atoms with van der Waals surface area (Å²) in [7, 11) is 0. The van der Waals surface area contributed by atoms with Crippen molar-refractivity contribution in [2.24, 2.45) is 5.92 Å². The number of hydrogen-bond acceptors (Lipinski definition) is 4. The minimum atomic E-state index is 0.318. The molecule has 0 aliphatic heterocycles. The second-order valence-electron chi connectivity index (χ2n) is 4.39. The second-order valence-corrected chi connectivity index (χ2v) is 5.77. The number of aromatic nitrogens is 2. The zero-order valence-corrected chi connectivity index (χ0v) is 11.6. The number of thioether (sulfide) groups is 1. The molecule has 0 aromatic carbocycles. The van der Waals surface area contributed by atoms with E-state index in [1.54, 1.807) is 18.1 Å². The number of nitrogens with zero attached hydrogens (tertiary/aromatic N) is 2. The zero-order valence-electron chi connectivity index (χ0n) is 10.0. The normalized spacial score (nSPS) is 24.6. The number of nitrogens with one attached hydrogen (secondary N) is 1. The fourth-order valence-electron chi connectivity index (χ4n) is 2.18. The molecule has 0 amide bonds. The molecule has 1 aliphatic rings. The van der Waals surface area contributed by atoms with Gasteiger partial charge in [-0.25, -0.2) is 9.97 Å². The fourth-order valence-corrected chi connectivity index (χ4v) is 2.93. The summed E-state index contributed by atoms with van der Waals surface area (Å²) in [5.74, 6) is 1.47. The molecule has 2 unspecified atom stereocenters. The van der Waals surface area contributed by atoms with Crippen molar-refractivity contribution in [3.05, 3.63) is 12.4 Å². The Hall–Kier alpha value is -0.480. The average Bonchev–Trinajstić information content (AvgIpc) is 2.38. The van der Waals surface area contributed by atoms with Crippen LogP contribution in [0.2, 0.25) is 0 Å². The molecule has 1 heterocycles. The van der Waals surface area contributed by atoms with E-state index < -0.39 is 0 Å². The summed E-state index contributed by atoms with van der Waals surface area (Å²) in [6.45, 7) is 0.916. The third-order valence-electron chi connectivity index (χ3n) is 3.21. The molecule has 17 heavy (non-hydrogen) atoms. The SMILES string of the molecule is CSc1cc(NCC2CCCCC2Cl)ncn1. The van der Waals surface area contributed by atoms with E-state index in [0.717, 1.165) is 23.8 Å². The monoisotopic (exact) mass is 271 g/mol. The molecule has 1 saturated carbocycles. The van der Waals surface area contributed by atoms with Gasteiger partial charge in [0.1, 0.15) is 17.2 Å². The number of hydrogen-bond donors (Lipinski definition) is 1. The van der Waals surface area contributed by atoms with Crippen LogP contribution < -0.4 is 5.32 Å². The predicted molar refractivity (Wildman–Crippen MR) is 73.9 cm³/mol. The Kier molecular flexibility index (Phi) is 4.92. The number of anilines is 1. The van der Waals surface area contributed by atoms with Crippen LogP contribution in [0.25, 0.3) is 0 Å². The topological polar surface area (TPSA) is 37.8 Å². The lowest BCUT2D eigenvalue weighted by atomic mass is 9.89. The van der Waals surface area contributed by atoms with Crippen LogP contribution in [-0.2, 0) is 0 Å². The van der Waals surface area contributed by atoms with E-state index in [2.05, 4.69) is 15.3 Å². The number of alkyl halides is 1. The van der Waals surface area contributed by atoms with Gasteiger partial charge >= 0.3 is 0 Å². The molecule has 2 atom stereocenters. The van der Waals surface area contributed by atoms with Crippen molar-refractivity contribution in [1.82, 2.24) is 9.97 Å². The summed E-state index contributed by atoms with van der Waals surface area (Å²) in [6.07, 6.45) is 8.56. The third-order valence-corrected chi connectivity index (χ3v) is 4.43. The zero-order chi connectivity index (χ0) is 12.1. The summed E-state index contributed by atoms with van der Waals surface area (Å²) >= 11 is 7.96. The highest BCUT2D eigenvalue weighted by Gasteiger charge is 2.22. The molecular weight excluding hydrogens is 254 g/mol. The maximum Gasteiger partial charge on any atom is 0.130 e. The van der Waals surface area contributed by atoms with Gasteiger partial charge in [-0.1, -0.05) is 12.8 Å². The van der Waals surface area contributed by atoms with Gasteiger partial charge in [-0.3, -0.25) is 0 Å². The smallest absolute Gasteiger partial charge is 0.130 e. The lowest BCUT2D eigenvalue weighted by Crippen LogP contribution is -2.26. The van der Waals surface area contributed by atoms with Crippen LogP contribution in [0.3, 0.4) is 0 Å². The molecule has 94 valence electrons. The molecule has 1 aliphatic carbocycles. The van der Waals surface area contributed by atoms with Gasteiger partial charge in [-0.2, -0.15) is 0 Å². The second kappa shape index (κ2) is 6.45. The first-order valence-corrected chi connectivity index (χ1v) is 7.69. The van der Waals surface area contributed by atoms with Gasteiger partial charge in [-0.15, -0.1) is 23.4 Å². The summed E-state index contributed by atoms with van der Waals surface area (Å²) in [6, 6.07) is 1.98. The van der Waals surface area contributed by atoms with E-state index in [1.165, 1.54) is 19.3 Å². The van der Waals surface area contributed by atoms with E-state index in [9.17, 15) is 0 Å². The van der Waals surface area contributed by atoms with Crippen molar-refractivity contribution in [3.8, 4) is 0 Å². The van der Waals surface area contributed by atoms with Crippen molar-refractivity contribution < 1.29 is 0 Å². The van der Waals surface area contributed by atoms with Gasteiger partial charge in [0.25, 0.3) is 0 Å². The number of halogens is 1. The van der Waals surface area contributed by atoms with Gasteiger partial charge in [0.15, 0.2) is 0 Å². The molecule has 5 heteroatoms. The predicted octanol–water partition coefficient (Wildman–Crippen LogP) is 3.41. The van der Waals surface area contributed by atoms with Gasteiger partial charge in [0.05, 0.1) is 0 Å². The van der Waals surface area contributed by atoms with Crippen molar-refractivity contribution in [2.45, 2.75) is 36.1 Å². The Morgan fingerprint density at radius 3 is 3.00 bits per heavy atom. The van der Waals surface area contributed by atoms with E-state index in [1.807, 2.05) is 12.3 Å². The first-order chi connectivity index (χ1) is 8.29. The molecule has 1 aromatic rings. The van der Waals surface area contributed by atoms with Crippen LogP contribution in [0.15, 0.2) is 17.4 Å². The maximum absolute atomic E-state index is 6.33. The van der Waals surface area contributed by atoms with E-state index >= 15 is 0 Å². The lowest BCUT2D eigenvalue weighted by Gasteiger charge is -2.27. The lowest BCUT2D eigenvalue weighted by molar-refractivity contribution is 0.380. The quantitative estimate of drug-likeness (QED) is 0.517. The van der Waals surface area contributed by atoms with Crippen LogP contribution in [0.1, 0.15) is 25.7 Å². The van der Waals surface area contributed by atoms with Crippen LogP contribution in [0, 0.1) is 5.92 Å². The Bertz CT molecular complexity index is 361. The highest BCUT2D eigenvalue weighted by Crippen LogP contribution is 2.28. The van der Waals surface area contributed by atoms with E-state index in [4.69, 9.17) is 11.6 Å². The van der Waals surface area contributed by atoms with Crippen molar-refractivity contribution in [3.63, 3.8) is 0 Å². The van der Waals surface area contributed by atoms with Crippen molar-refractivity contribution in [1.29, 1.82) is 0 Å². The van der Waals surface area contributed by atoms with Gasteiger partial charge in [0.2, 0.25) is 0 Å². The van der Waals surface area contributed by atoms with E-state index in [-0.39, 0.29) is 0 Å². The molecule has 0 radical (unpaired) electrons. The van der Waals surface area contributed by atoms with Crippen molar-refractivity contribution in [2.75, 3.05) is 18.1 Å². The summed E-state index contributed by atoms with van der Waals surface area (Å²) in [5, 5.41) is 4.68. The molecule has 3 nitrogen and oxygen atoms in total. The molecule has 2 rings (SSSR count). The molecular formula is C12H18ClN3S. The first kappa shape index (κ1) is 13.0. The van der Waals surface area contributed by atoms with Crippen molar-refractivity contribution >= 4 is 29.2 Å².